The van der Waals surface area contributed by atoms with Crippen molar-refractivity contribution in [1.82, 2.24) is 0 Å². The number of benzene rings is 1. The lowest BCUT2D eigenvalue weighted by Gasteiger charge is -2.09. The van der Waals surface area contributed by atoms with E-state index < -0.39 is 5.82 Å². The number of hydrogen-bond donors (Lipinski definition) is 2. The minimum atomic E-state index is -0.477. The predicted octanol–water partition coefficient (Wildman–Crippen LogP) is 2.84. The molecule has 0 saturated heterocycles. The third kappa shape index (κ3) is 3.84. The molecule has 0 radical (unpaired) electrons. The number of anilines is 2. The summed E-state index contributed by atoms with van der Waals surface area (Å²) >= 11 is 7.21. The van der Waals surface area contributed by atoms with Crippen molar-refractivity contribution in [2.45, 2.75) is 0 Å². The van der Waals surface area contributed by atoms with Crippen molar-refractivity contribution in [3.63, 3.8) is 0 Å². The highest BCUT2D eigenvalue weighted by Gasteiger charge is 2.05. The van der Waals surface area contributed by atoms with E-state index in [4.69, 9.17) is 23.8 Å². The molecule has 0 aliphatic carbocycles. The molecule has 0 atom stereocenters. The Kier molecular flexibility index (Phi) is 5.30. The third-order valence-electron chi connectivity index (χ3n) is 1.84. The van der Waals surface area contributed by atoms with Crippen molar-refractivity contribution in [3.05, 3.63) is 23.0 Å². The fourth-order valence-corrected chi connectivity index (χ4v) is 1.78. The maximum Gasteiger partial charge on any atom is 0.143 e. The molecule has 86 valence electrons. The van der Waals surface area contributed by atoms with E-state index in [0.717, 1.165) is 5.75 Å². The van der Waals surface area contributed by atoms with Crippen LogP contribution >= 0.6 is 23.4 Å². The van der Waals surface area contributed by atoms with Crippen LogP contribution in [0, 0.1) is 18.2 Å². The maximum atomic E-state index is 13.1. The second-order valence-corrected chi connectivity index (χ2v) is 4.55. The van der Waals surface area contributed by atoms with Gasteiger partial charge in [0, 0.05) is 18.4 Å². The molecule has 0 fully saturated rings. The van der Waals surface area contributed by atoms with E-state index in [2.05, 4.69) is 11.2 Å². The second-order valence-electron chi connectivity index (χ2n) is 3.04. The lowest BCUT2D eigenvalue weighted by molar-refractivity contribution is 0.629. The Balaban J connectivity index is 2.48. The van der Waals surface area contributed by atoms with Gasteiger partial charge in [-0.15, -0.1) is 18.2 Å². The summed E-state index contributed by atoms with van der Waals surface area (Å²) in [5, 5.41) is 3.06. The highest BCUT2D eigenvalue weighted by molar-refractivity contribution is 7.99. The summed E-state index contributed by atoms with van der Waals surface area (Å²) in [6.07, 6.45) is 5.11. The Bertz CT molecular complexity index is 404. The highest BCUT2D eigenvalue weighted by atomic mass is 35.5. The number of hydrogen-bond acceptors (Lipinski definition) is 3. The summed E-state index contributed by atoms with van der Waals surface area (Å²) in [6, 6.07) is 2.69. The molecule has 16 heavy (non-hydrogen) atoms. The molecule has 0 bridgehead atoms. The molecule has 1 aromatic carbocycles. The summed E-state index contributed by atoms with van der Waals surface area (Å²) in [6.45, 7) is 0.678. The third-order valence-corrected chi connectivity index (χ3v) is 2.99. The van der Waals surface area contributed by atoms with Gasteiger partial charge in [-0.3, -0.25) is 0 Å². The van der Waals surface area contributed by atoms with Crippen LogP contribution in [0.1, 0.15) is 0 Å². The minimum absolute atomic E-state index is 0.0322. The van der Waals surface area contributed by atoms with Crippen LogP contribution < -0.4 is 11.1 Å². The van der Waals surface area contributed by atoms with Gasteiger partial charge < -0.3 is 11.1 Å². The average molecular weight is 259 g/mol. The van der Waals surface area contributed by atoms with Gasteiger partial charge in [-0.25, -0.2) is 4.39 Å². The molecular formula is C11H12ClFN2S. The normalized spacial score (nSPS) is 9.81. The molecule has 0 spiro atoms. The topological polar surface area (TPSA) is 38.0 Å². The zero-order valence-corrected chi connectivity index (χ0v) is 10.2. The first-order valence-corrected chi connectivity index (χ1v) is 6.18. The summed E-state index contributed by atoms with van der Waals surface area (Å²) in [4.78, 5) is 0. The fraction of sp³-hybridized carbons (Fsp3) is 0.273. The molecule has 0 amide bonds. The standard InChI is InChI=1S/C11H12ClFN2S/c1-2-4-16-5-3-15-11-7-9(13)8(12)6-10(11)14/h1,6-7,15H,3-5,14H2. The first kappa shape index (κ1) is 13.0. The van der Waals surface area contributed by atoms with Crippen LogP contribution in [0.2, 0.25) is 5.02 Å². The lowest BCUT2D eigenvalue weighted by Crippen LogP contribution is -2.07. The lowest BCUT2D eigenvalue weighted by atomic mass is 10.2. The SMILES string of the molecule is C#CCSCCNc1cc(F)c(Cl)cc1N. The van der Waals surface area contributed by atoms with Crippen molar-refractivity contribution in [2.24, 2.45) is 0 Å². The fourth-order valence-electron chi connectivity index (χ4n) is 1.10. The molecule has 0 aliphatic rings. The van der Waals surface area contributed by atoms with Crippen LogP contribution in [0.25, 0.3) is 0 Å². The zero-order chi connectivity index (χ0) is 12.0. The van der Waals surface area contributed by atoms with E-state index in [1.807, 2.05) is 0 Å². The zero-order valence-electron chi connectivity index (χ0n) is 8.59. The van der Waals surface area contributed by atoms with Crippen LogP contribution in [0.5, 0.6) is 0 Å². The second kappa shape index (κ2) is 6.51. The molecule has 0 heterocycles. The van der Waals surface area contributed by atoms with Crippen molar-refractivity contribution < 1.29 is 4.39 Å². The summed E-state index contributed by atoms with van der Waals surface area (Å²) in [5.74, 6) is 3.56. The van der Waals surface area contributed by atoms with E-state index in [1.165, 1.54) is 12.1 Å². The first-order chi connectivity index (χ1) is 7.65. The van der Waals surface area contributed by atoms with E-state index in [-0.39, 0.29) is 5.02 Å². The predicted molar refractivity (Wildman–Crippen MR) is 70.5 cm³/mol. The number of thioether (sulfide) groups is 1. The number of nitrogens with one attached hydrogen (secondary N) is 1. The molecule has 0 saturated carbocycles. The van der Waals surface area contributed by atoms with E-state index in [0.29, 0.717) is 23.7 Å². The molecule has 3 N–H and O–H groups in total. The summed E-state index contributed by atoms with van der Waals surface area (Å²) < 4.78 is 13.1. The van der Waals surface area contributed by atoms with Gasteiger partial charge in [0.25, 0.3) is 0 Å². The highest BCUT2D eigenvalue weighted by Crippen LogP contribution is 2.25. The largest absolute Gasteiger partial charge is 0.397 e. The summed E-state index contributed by atoms with van der Waals surface area (Å²) in [7, 11) is 0. The average Bonchev–Trinajstić information content (AvgIpc) is 2.25. The van der Waals surface area contributed by atoms with Gasteiger partial charge in [0.05, 0.1) is 22.2 Å². The van der Waals surface area contributed by atoms with E-state index >= 15 is 0 Å². The first-order valence-electron chi connectivity index (χ1n) is 4.64. The molecule has 0 aromatic heterocycles. The summed E-state index contributed by atoms with van der Waals surface area (Å²) in [5.41, 5.74) is 6.68. The van der Waals surface area contributed by atoms with E-state index in [1.54, 1.807) is 11.8 Å². The van der Waals surface area contributed by atoms with Gasteiger partial charge >= 0.3 is 0 Å². The van der Waals surface area contributed by atoms with E-state index in [9.17, 15) is 4.39 Å². The van der Waals surface area contributed by atoms with Gasteiger partial charge in [0.2, 0.25) is 0 Å². The Morgan fingerprint density at radius 2 is 2.31 bits per heavy atom. The minimum Gasteiger partial charge on any atom is -0.397 e. The van der Waals surface area contributed by atoms with Gasteiger partial charge in [-0.1, -0.05) is 17.5 Å². The van der Waals surface area contributed by atoms with Gasteiger partial charge in [-0.2, -0.15) is 0 Å². The monoisotopic (exact) mass is 258 g/mol. The molecule has 0 unspecified atom stereocenters. The Morgan fingerprint density at radius 3 is 3.00 bits per heavy atom. The number of terminal acetylenes is 1. The maximum absolute atomic E-state index is 13.1. The number of nitrogen functional groups attached to an aromatic ring is 1. The smallest absolute Gasteiger partial charge is 0.143 e. The van der Waals surface area contributed by atoms with Crippen molar-refractivity contribution in [2.75, 3.05) is 29.1 Å². The van der Waals surface area contributed by atoms with Gasteiger partial charge in [0.1, 0.15) is 5.82 Å². The van der Waals surface area contributed by atoms with Crippen LogP contribution in [0.15, 0.2) is 12.1 Å². The molecule has 5 heteroatoms. The molecule has 1 rings (SSSR count). The number of halogens is 2. The molecular weight excluding hydrogens is 247 g/mol. The molecule has 0 aliphatic heterocycles. The Hall–Kier alpha value is -1.05. The number of rotatable bonds is 5. The Morgan fingerprint density at radius 1 is 1.56 bits per heavy atom. The molecule has 2 nitrogen and oxygen atoms in total. The molecule has 1 aromatic rings. The number of nitrogens with two attached hydrogens (primary N) is 1. The Labute approximate surface area is 104 Å². The van der Waals surface area contributed by atoms with Crippen molar-refractivity contribution in [1.29, 1.82) is 0 Å². The van der Waals surface area contributed by atoms with Gasteiger partial charge in [0.15, 0.2) is 0 Å². The van der Waals surface area contributed by atoms with Crippen molar-refractivity contribution >= 4 is 34.7 Å². The van der Waals surface area contributed by atoms with Crippen LogP contribution in [0.4, 0.5) is 15.8 Å². The van der Waals surface area contributed by atoms with Crippen molar-refractivity contribution in [3.8, 4) is 12.3 Å². The quantitative estimate of drug-likeness (QED) is 0.485. The van der Waals surface area contributed by atoms with Gasteiger partial charge in [-0.05, 0) is 6.07 Å². The van der Waals surface area contributed by atoms with Crippen LogP contribution in [-0.4, -0.2) is 18.1 Å². The van der Waals surface area contributed by atoms with Crippen LogP contribution in [0.3, 0.4) is 0 Å². The van der Waals surface area contributed by atoms with Crippen LogP contribution in [-0.2, 0) is 0 Å².